The molecule has 0 aliphatic carbocycles. The topological polar surface area (TPSA) is 97.6 Å². The van der Waals surface area contributed by atoms with E-state index in [1.807, 2.05) is 0 Å². The third-order valence-corrected chi connectivity index (χ3v) is 2.57. The van der Waals surface area contributed by atoms with Gasteiger partial charge in [0, 0.05) is 25.9 Å². The Labute approximate surface area is 123 Å². The van der Waals surface area contributed by atoms with Crippen LogP contribution < -0.4 is 10.6 Å². The van der Waals surface area contributed by atoms with Crippen LogP contribution in [0.4, 0.5) is 0 Å². The van der Waals surface area contributed by atoms with Gasteiger partial charge in [-0.15, -0.1) is 0 Å². The normalized spacial score (nSPS) is 9.95. The summed E-state index contributed by atoms with van der Waals surface area (Å²) in [4.78, 5) is 34.0. The van der Waals surface area contributed by atoms with E-state index in [0.29, 0.717) is 19.6 Å². The molecule has 0 aliphatic heterocycles. The van der Waals surface area contributed by atoms with Crippen LogP contribution in [0, 0.1) is 0 Å². The molecule has 1 heterocycles. The highest BCUT2D eigenvalue weighted by molar-refractivity contribution is 5.91. The lowest BCUT2D eigenvalue weighted by Crippen LogP contribution is -2.31. The number of amides is 2. The molecule has 0 unspecified atom stereocenters. The highest BCUT2D eigenvalue weighted by atomic mass is 16.5. The second-order valence-electron chi connectivity index (χ2n) is 4.24. The first-order chi connectivity index (χ1) is 10.1. The quantitative estimate of drug-likeness (QED) is 0.520. The molecule has 0 saturated heterocycles. The largest absolute Gasteiger partial charge is 0.466 e. The molecule has 7 nitrogen and oxygen atoms in total. The van der Waals surface area contributed by atoms with Crippen molar-refractivity contribution in [1.29, 1.82) is 0 Å². The van der Waals surface area contributed by atoms with Gasteiger partial charge in [0.25, 0.3) is 5.91 Å². The Hall–Kier alpha value is -2.31. The van der Waals surface area contributed by atoms with E-state index in [9.17, 15) is 14.4 Å². The zero-order chi connectivity index (χ0) is 15.5. The minimum atomic E-state index is -0.352. The van der Waals surface area contributed by atoms with E-state index >= 15 is 0 Å². The number of nitrogens with one attached hydrogen (secondary N) is 2. The van der Waals surface area contributed by atoms with Crippen LogP contribution in [0.25, 0.3) is 0 Å². The minimum absolute atomic E-state index is 0.172. The first-order valence-electron chi connectivity index (χ1n) is 6.87. The number of rotatable bonds is 9. The molecular formula is C14H20N2O5. The molecule has 0 fully saturated rings. The predicted octanol–water partition coefficient (Wildman–Crippen LogP) is 0.859. The minimum Gasteiger partial charge on any atom is -0.466 e. The molecule has 2 N–H and O–H groups in total. The van der Waals surface area contributed by atoms with Crippen molar-refractivity contribution < 1.29 is 23.5 Å². The average Bonchev–Trinajstić information content (AvgIpc) is 2.98. The fourth-order valence-electron chi connectivity index (χ4n) is 1.57. The smallest absolute Gasteiger partial charge is 0.305 e. The number of hydrogen-bond acceptors (Lipinski definition) is 5. The van der Waals surface area contributed by atoms with Crippen molar-refractivity contribution in [3.8, 4) is 0 Å². The van der Waals surface area contributed by atoms with Crippen molar-refractivity contribution in [3.05, 3.63) is 24.2 Å². The van der Waals surface area contributed by atoms with E-state index in [4.69, 9.17) is 9.15 Å². The molecule has 1 aromatic heterocycles. The van der Waals surface area contributed by atoms with Gasteiger partial charge in [0.05, 0.1) is 12.9 Å². The van der Waals surface area contributed by atoms with Gasteiger partial charge in [-0.2, -0.15) is 0 Å². The summed E-state index contributed by atoms with van der Waals surface area (Å²) in [5.74, 6) is -0.587. The molecule has 1 rings (SSSR count). The Balaban J connectivity index is 2.04. The van der Waals surface area contributed by atoms with Crippen LogP contribution in [-0.4, -0.2) is 37.5 Å². The number of hydrogen-bond donors (Lipinski definition) is 2. The Morgan fingerprint density at radius 2 is 2.00 bits per heavy atom. The summed E-state index contributed by atoms with van der Waals surface area (Å²) >= 11 is 0. The van der Waals surface area contributed by atoms with Gasteiger partial charge < -0.3 is 19.8 Å². The first-order valence-corrected chi connectivity index (χ1v) is 6.87. The third-order valence-electron chi connectivity index (χ3n) is 2.57. The monoisotopic (exact) mass is 296 g/mol. The molecular weight excluding hydrogens is 276 g/mol. The number of carbonyl (C=O) groups excluding carboxylic acids is 3. The predicted molar refractivity (Wildman–Crippen MR) is 74.5 cm³/mol. The van der Waals surface area contributed by atoms with Gasteiger partial charge in [-0.1, -0.05) is 0 Å². The SMILES string of the molecule is CCOC(=O)CCCNC(=O)CCNC(=O)c1ccco1. The van der Waals surface area contributed by atoms with E-state index in [-0.39, 0.29) is 42.9 Å². The lowest BCUT2D eigenvalue weighted by atomic mass is 10.3. The van der Waals surface area contributed by atoms with Crippen LogP contribution >= 0.6 is 0 Å². The van der Waals surface area contributed by atoms with E-state index in [2.05, 4.69) is 10.6 Å². The van der Waals surface area contributed by atoms with Crippen LogP contribution in [0.3, 0.4) is 0 Å². The molecule has 0 saturated carbocycles. The standard InChI is InChI=1S/C14H20N2O5/c1-2-20-13(18)6-3-8-15-12(17)7-9-16-14(19)11-5-4-10-21-11/h4-5,10H,2-3,6-9H2,1H3,(H,15,17)(H,16,19). The molecule has 116 valence electrons. The zero-order valence-electron chi connectivity index (χ0n) is 12.0. The summed E-state index contributed by atoms with van der Waals surface area (Å²) < 4.78 is 9.69. The Morgan fingerprint density at radius 1 is 1.19 bits per heavy atom. The second-order valence-corrected chi connectivity index (χ2v) is 4.24. The number of furan rings is 1. The maximum Gasteiger partial charge on any atom is 0.305 e. The van der Waals surface area contributed by atoms with Crippen molar-refractivity contribution in [2.75, 3.05) is 19.7 Å². The third kappa shape index (κ3) is 7.14. The van der Waals surface area contributed by atoms with Crippen LogP contribution in [0.1, 0.15) is 36.7 Å². The molecule has 0 aliphatic rings. The maximum absolute atomic E-state index is 11.5. The van der Waals surface area contributed by atoms with Crippen molar-refractivity contribution in [2.45, 2.75) is 26.2 Å². The van der Waals surface area contributed by atoms with E-state index in [1.54, 1.807) is 19.1 Å². The van der Waals surface area contributed by atoms with Gasteiger partial charge in [-0.05, 0) is 25.5 Å². The molecule has 0 radical (unpaired) electrons. The summed E-state index contributed by atoms with van der Waals surface area (Å²) in [5, 5.41) is 5.24. The van der Waals surface area contributed by atoms with Gasteiger partial charge in [0.15, 0.2) is 5.76 Å². The molecule has 0 bridgehead atoms. The second kappa shape index (κ2) is 9.57. The Bertz CT molecular complexity index is 456. The zero-order valence-corrected chi connectivity index (χ0v) is 12.0. The summed E-state index contributed by atoms with van der Waals surface area (Å²) in [6, 6.07) is 3.16. The summed E-state index contributed by atoms with van der Waals surface area (Å²) in [6.07, 6.45) is 2.39. The van der Waals surface area contributed by atoms with Crippen molar-refractivity contribution in [1.82, 2.24) is 10.6 Å². The van der Waals surface area contributed by atoms with Crippen LogP contribution in [0.2, 0.25) is 0 Å². The summed E-state index contributed by atoms with van der Waals surface area (Å²) in [5.41, 5.74) is 0. The Kier molecular flexibility index (Phi) is 7.63. The highest BCUT2D eigenvalue weighted by Gasteiger charge is 2.08. The molecule has 0 spiro atoms. The number of esters is 1. The first kappa shape index (κ1) is 16.7. The van der Waals surface area contributed by atoms with Gasteiger partial charge in [0.1, 0.15) is 0 Å². The molecule has 2 amide bonds. The summed E-state index contributed by atoms with van der Waals surface area (Å²) in [7, 11) is 0. The van der Waals surface area contributed by atoms with Crippen LogP contribution in [-0.2, 0) is 14.3 Å². The maximum atomic E-state index is 11.5. The molecule has 0 aromatic carbocycles. The van der Waals surface area contributed by atoms with E-state index in [1.165, 1.54) is 6.26 Å². The Morgan fingerprint density at radius 3 is 2.67 bits per heavy atom. The van der Waals surface area contributed by atoms with Gasteiger partial charge >= 0.3 is 5.97 Å². The molecule has 0 atom stereocenters. The lowest BCUT2D eigenvalue weighted by molar-refractivity contribution is -0.143. The average molecular weight is 296 g/mol. The van der Waals surface area contributed by atoms with Crippen LogP contribution in [0.5, 0.6) is 0 Å². The van der Waals surface area contributed by atoms with Crippen molar-refractivity contribution in [3.63, 3.8) is 0 Å². The molecule has 7 heteroatoms. The fourth-order valence-corrected chi connectivity index (χ4v) is 1.57. The molecule has 1 aromatic rings. The number of ether oxygens (including phenoxy) is 1. The van der Waals surface area contributed by atoms with Gasteiger partial charge in [-0.25, -0.2) is 0 Å². The van der Waals surface area contributed by atoms with Crippen LogP contribution in [0.15, 0.2) is 22.8 Å². The number of carbonyl (C=O) groups is 3. The van der Waals surface area contributed by atoms with Crippen molar-refractivity contribution >= 4 is 17.8 Å². The molecule has 21 heavy (non-hydrogen) atoms. The van der Waals surface area contributed by atoms with Crippen molar-refractivity contribution in [2.24, 2.45) is 0 Å². The fraction of sp³-hybridized carbons (Fsp3) is 0.500. The van der Waals surface area contributed by atoms with Gasteiger partial charge in [-0.3, -0.25) is 14.4 Å². The summed E-state index contributed by atoms with van der Waals surface area (Å²) in [6.45, 7) is 2.74. The van der Waals surface area contributed by atoms with E-state index in [0.717, 1.165) is 0 Å². The van der Waals surface area contributed by atoms with Gasteiger partial charge in [0.2, 0.25) is 5.91 Å². The van der Waals surface area contributed by atoms with E-state index < -0.39 is 0 Å². The lowest BCUT2D eigenvalue weighted by Gasteiger charge is -2.06. The highest BCUT2D eigenvalue weighted by Crippen LogP contribution is 1.98.